The molecule has 0 spiro atoms. The number of nitrogens with one attached hydrogen (secondary N) is 1. The van der Waals surface area contributed by atoms with Gasteiger partial charge in [-0.1, -0.05) is 6.42 Å². The fraction of sp³-hybridized carbons (Fsp3) is 0.562. The monoisotopic (exact) mass is 278 g/mol. The van der Waals surface area contributed by atoms with Crippen molar-refractivity contribution in [2.45, 2.75) is 45.1 Å². The molecule has 1 N–H and O–H groups in total. The molecule has 1 saturated heterocycles. The van der Waals surface area contributed by atoms with Crippen LogP contribution in [0.1, 0.15) is 39.0 Å². The highest BCUT2D eigenvalue weighted by atomic mass is 19.1. The van der Waals surface area contributed by atoms with Crippen molar-refractivity contribution in [1.82, 2.24) is 5.32 Å². The molecule has 110 valence electrons. The first kappa shape index (κ1) is 15.0. The molecule has 1 amide bonds. The third kappa shape index (κ3) is 4.04. The van der Waals surface area contributed by atoms with Gasteiger partial charge in [-0.05, 0) is 57.0 Å². The molecule has 0 radical (unpaired) electrons. The quantitative estimate of drug-likeness (QED) is 0.897. The maximum atomic E-state index is 12.9. The summed E-state index contributed by atoms with van der Waals surface area (Å²) in [5.41, 5.74) is 0.774. The van der Waals surface area contributed by atoms with E-state index in [9.17, 15) is 9.18 Å². The van der Waals surface area contributed by atoms with E-state index >= 15 is 0 Å². The number of rotatable bonds is 5. The molecule has 1 heterocycles. The maximum absolute atomic E-state index is 12.9. The van der Waals surface area contributed by atoms with Gasteiger partial charge in [0.2, 0.25) is 5.91 Å². The third-order valence-corrected chi connectivity index (χ3v) is 3.87. The Bertz CT molecular complexity index is 427. The van der Waals surface area contributed by atoms with E-state index in [1.54, 1.807) is 17.0 Å². The molecule has 2 rings (SSSR count). The molecule has 1 aromatic rings. The average molecular weight is 278 g/mol. The number of halogens is 1. The molecule has 20 heavy (non-hydrogen) atoms. The lowest BCUT2D eigenvalue weighted by Crippen LogP contribution is -2.36. The van der Waals surface area contributed by atoms with Crippen LogP contribution in [0.2, 0.25) is 0 Å². The molecule has 1 aliphatic rings. The summed E-state index contributed by atoms with van der Waals surface area (Å²) < 4.78 is 12.9. The van der Waals surface area contributed by atoms with Gasteiger partial charge in [-0.2, -0.15) is 0 Å². The Hall–Kier alpha value is -1.42. The zero-order valence-electron chi connectivity index (χ0n) is 12.1. The number of hydrogen-bond donors (Lipinski definition) is 1. The van der Waals surface area contributed by atoms with Gasteiger partial charge in [-0.15, -0.1) is 0 Å². The summed E-state index contributed by atoms with van der Waals surface area (Å²) in [7, 11) is 0. The number of anilines is 1. The molecule has 1 aliphatic heterocycles. The second kappa shape index (κ2) is 7.39. The van der Waals surface area contributed by atoms with E-state index < -0.39 is 0 Å². The van der Waals surface area contributed by atoms with Gasteiger partial charge in [0.1, 0.15) is 5.82 Å². The van der Waals surface area contributed by atoms with Gasteiger partial charge in [0, 0.05) is 24.7 Å². The first-order valence-electron chi connectivity index (χ1n) is 7.50. The Morgan fingerprint density at radius 2 is 2.10 bits per heavy atom. The van der Waals surface area contributed by atoms with Crippen LogP contribution in [-0.4, -0.2) is 25.0 Å². The van der Waals surface area contributed by atoms with Crippen LogP contribution in [0.3, 0.4) is 0 Å². The van der Waals surface area contributed by atoms with Gasteiger partial charge in [-0.3, -0.25) is 4.79 Å². The number of hydrogen-bond acceptors (Lipinski definition) is 2. The van der Waals surface area contributed by atoms with Crippen molar-refractivity contribution in [2.75, 3.05) is 18.0 Å². The van der Waals surface area contributed by atoms with E-state index in [-0.39, 0.29) is 11.7 Å². The van der Waals surface area contributed by atoms with Gasteiger partial charge in [-0.25, -0.2) is 4.39 Å². The second-order valence-corrected chi connectivity index (χ2v) is 5.30. The standard InChI is InChI=1S/C16H23FN2O/c1-2-19(15-9-6-13(17)7-10-15)16(20)11-8-14-5-3-4-12-18-14/h6-7,9-10,14,18H,2-5,8,11-12H2,1H3. The molecule has 0 saturated carbocycles. The third-order valence-electron chi connectivity index (χ3n) is 3.87. The van der Waals surface area contributed by atoms with Gasteiger partial charge in [0.05, 0.1) is 0 Å². The zero-order valence-corrected chi connectivity index (χ0v) is 12.1. The number of carbonyl (C=O) groups is 1. The summed E-state index contributed by atoms with van der Waals surface area (Å²) in [5.74, 6) is -0.157. The van der Waals surface area contributed by atoms with Crippen LogP contribution >= 0.6 is 0 Å². The molecule has 1 unspecified atom stereocenters. The molecule has 1 fully saturated rings. The van der Waals surface area contributed by atoms with Crippen molar-refractivity contribution in [3.8, 4) is 0 Å². The van der Waals surface area contributed by atoms with Crippen LogP contribution in [0.25, 0.3) is 0 Å². The Kier molecular flexibility index (Phi) is 5.53. The van der Waals surface area contributed by atoms with E-state index in [4.69, 9.17) is 0 Å². The lowest BCUT2D eigenvalue weighted by Gasteiger charge is -2.25. The number of amides is 1. The van der Waals surface area contributed by atoms with Crippen LogP contribution in [0.5, 0.6) is 0 Å². The number of carbonyl (C=O) groups excluding carboxylic acids is 1. The van der Waals surface area contributed by atoms with Gasteiger partial charge >= 0.3 is 0 Å². The fourth-order valence-corrected chi connectivity index (χ4v) is 2.73. The van der Waals surface area contributed by atoms with Gasteiger partial charge in [0.25, 0.3) is 0 Å². The van der Waals surface area contributed by atoms with Crippen LogP contribution < -0.4 is 10.2 Å². The maximum Gasteiger partial charge on any atom is 0.227 e. The summed E-state index contributed by atoms with van der Waals surface area (Å²) >= 11 is 0. The molecular formula is C16H23FN2O. The topological polar surface area (TPSA) is 32.3 Å². The van der Waals surface area contributed by atoms with Crippen molar-refractivity contribution in [2.24, 2.45) is 0 Å². The highest BCUT2D eigenvalue weighted by Gasteiger charge is 2.18. The Labute approximate surface area is 120 Å². The first-order valence-corrected chi connectivity index (χ1v) is 7.50. The van der Waals surface area contributed by atoms with E-state index in [1.165, 1.54) is 25.0 Å². The Balaban J connectivity index is 1.89. The molecule has 1 atom stereocenters. The summed E-state index contributed by atoms with van der Waals surface area (Å²) in [6.07, 6.45) is 5.08. The van der Waals surface area contributed by atoms with Gasteiger partial charge in [0.15, 0.2) is 0 Å². The molecule has 0 aromatic heterocycles. The molecule has 0 aliphatic carbocycles. The van der Waals surface area contributed by atoms with Crippen molar-refractivity contribution >= 4 is 11.6 Å². The lowest BCUT2D eigenvalue weighted by atomic mass is 10.0. The van der Waals surface area contributed by atoms with Crippen LogP contribution in [0, 0.1) is 5.82 Å². The number of benzene rings is 1. The first-order chi connectivity index (χ1) is 9.70. The highest BCUT2D eigenvalue weighted by molar-refractivity contribution is 5.93. The summed E-state index contributed by atoms with van der Waals surface area (Å²) in [6.45, 7) is 3.62. The Morgan fingerprint density at radius 3 is 2.70 bits per heavy atom. The van der Waals surface area contributed by atoms with Crippen molar-refractivity contribution in [1.29, 1.82) is 0 Å². The lowest BCUT2D eigenvalue weighted by molar-refractivity contribution is -0.118. The minimum Gasteiger partial charge on any atom is -0.314 e. The summed E-state index contributed by atoms with van der Waals surface area (Å²) in [6, 6.07) is 6.59. The minimum atomic E-state index is -0.274. The normalized spacial score (nSPS) is 18.8. The number of nitrogens with zero attached hydrogens (tertiary/aromatic N) is 1. The molecule has 0 bridgehead atoms. The van der Waals surface area contributed by atoms with Crippen molar-refractivity contribution in [3.63, 3.8) is 0 Å². The van der Waals surface area contributed by atoms with Crippen molar-refractivity contribution < 1.29 is 9.18 Å². The minimum absolute atomic E-state index is 0.117. The summed E-state index contributed by atoms with van der Waals surface area (Å²) in [5, 5.41) is 3.46. The SMILES string of the molecule is CCN(C(=O)CCC1CCCCN1)c1ccc(F)cc1. The fourth-order valence-electron chi connectivity index (χ4n) is 2.73. The van der Waals surface area contributed by atoms with E-state index in [0.29, 0.717) is 19.0 Å². The van der Waals surface area contributed by atoms with E-state index in [0.717, 1.165) is 25.1 Å². The Morgan fingerprint density at radius 1 is 1.35 bits per heavy atom. The molecule has 3 nitrogen and oxygen atoms in total. The predicted octanol–water partition coefficient (Wildman–Crippen LogP) is 3.10. The van der Waals surface area contributed by atoms with E-state index in [2.05, 4.69) is 5.32 Å². The highest BCUT2D eigenvalue weighted by Crippen LogP contribution is 2.18. The largest absolute Gasteiger partial charge is 0.314 e. The predicted molar refractivity (Wildman–Crippen MR) is 79.3 cm³/mol. The van der Waals surface area contributed by atoms with Crippen LogP contribution in [-0.2, 0) is 4.79 Å². The molecule has 4 heteroatoms. The number of piperidine rings is 1. The van der Waals surface area contributed by atoms with Crippen LogP contribution in [0.4, 0.5) is 10.1 Å². The second-order valence-electron chi connectivity index (χ2n) is 5.30. The average Bonchev–Trinajstić information content (AvgIpc) is 2.49. The van der Waals surface area contributed by atoms with Crippen molar-refractivity contribution in [3.05, 3.63) is 30.1 Å². The molecule has 1 aromatic carbocycles. The smallest absolute Gasteiger partial charge is 0.227 e. The van der Waals surface area contributed by atoms with Crippen LogP contribution in [0.15, 0.2) is 24.3 Å². The van der Waals surface area contributed by atoms with Gasteiger partial charge < -0.3 is 10.2 Å². The molecular weight excluding hydrogens is 255 g/mol. The summed E-state index contributed by atoms with van der Waals surface area (Å²) in [4.78, 5) is 14.0. The van der Waals surface area contributed by atoms with E-state index in [1.807, 2.05) is 6.92 Å². The zero-order chi connectivity index (χ0) is 14.4.